The molecular formula is C26H22Cl2F3N9O6S3. The van der Waals surface area contributed by atoms with Gasteiger partial charge in [-0.1, -0.05) is 52.3 Å². The van der Waals surface area contributed by atoms with E-state index in [0.29, 0.717) is 28.6 Å². The van der Waals surface area contributed by atoms with Crippen molar-refractivity contribution in [3.8, 4) is 0 Å². The zero-order valence-corrected chi connectivity index (χ0v) is 28.5. The van der Waals surface area contributed by atoms with Crippen LogP contribution in [0.15, 0.2) is 46.5 Å². The zero-order valence-electron chi connectivity index (χ0n) is 24.5. The van der Waals surface area contributed by atoms with Gasteiger partial charge >= 0.3 is 18.1 Å². The third-order valence-electron chi connectivity index (χ3n) is 6.97. The summed E-state index contributed by atoms with van der Waals surface area (Å²) in [6.45, 7) is 3.59. The molecule has 0 radical (unpaired) electrons. The van der Waals surface area contributed by atoms with Gasteiger partial charge in [-0.15, -0.1) is 34.8 Å². The van der Waals surface area contributed by atoms with E-state index in [0.717, 1.165) is 23.5 Å². The fourth-order valence-electron chi connectivity index (χ4n) is 4.47. The highest BCUT2D eigenvalue weighted by Gasteiger charge is 2.57. The maximum atomic E-state index is 13.5. The first kappa shape index (κ1) is 36.4. The molecule has 0 bridgehead atoms. The van der Waals surface area contributed by atoms with Crippen molar-refractivity contribution in [2.45, 2.75) is 35.9 Å². The van der Waals surface area contributed by atoms with Crippen LogP contribution in [0.4, 0.5) is 18.3 Å². The molecule has 2 saturated heterocycles. The number of carboxylic acid groups (broad SMARTS) is 1. The van der Waals surface area contributed by atoms with Crippen LogP contribution in [-0.4, -0.2) is 100 Å². The minimum absolute atomic E-state index is 0.0460. The number of benzene rings is 1. The number of nitrogens with zero attached hydrogens (tertiary/aromatic N) is 7. The normalized spacial score (nSPS) is 20.6. The van der Waals surface area contributed by atoms with Crippen LogP contribution in [0.5, 0.6) is 0 Å². The summed E-state index contributed by atoms with van der Waals surface area (Å²) in [6.07, 6.45) is -3.60. The van der Waals surface area contributed by atoms with Crippen LogP contribution < -0.4 is 10.6 Å². The van der Waals surface area contributed by atoms with Gasteiger partial charge in [0.15, 0.2) is 10.8 Å². The average molecular weight is 781 g/mol. The molecule has 0 spiro atoms. The van der Waals surface area contributed by atoms with Crippen LogP contribution >= 0.6 is 58.1 Å². The van der Waals surface area contributed by atoms with E-state index in [1.54, 1.807) is 17.5 Å². The number of tetrazole rings is 1. The number of thioether (sulfide) groups is 2. The summed E-state index contributed by atoms with van der Waals surface area (Å²) in [5.74, 6) is -4.80. The number of hydrogen-bond acceptors (Lipinski definition) is 13. The number of aromatic nitrogens is 5. The molecule has 3 aromatic rings. The van der Waals surface area contributed by atoms with Crippen molar-refractivity contribution in [3.05, 3.63) is 57.5 Å². The van der Waals surface area contributed by atoms with E-state index >= 15 is 0 Å². The number of hydrogen-bond donors (Lipinski definition) is 3. The molecule has 2 unspecified atom stereocenters. The van der Waals surface area contributed by atoms with Crippen LogP contribution in [0.2, 0.25) is 10.0 Å². The van der Waals surface area contributed by atoms with Gasteiger partial charge in [-0.2, -0.15) is 13.2 Å². The number of amides is 3. The molecule has 2 aromatic heterocycles. The van der Waals surface area contributed by atoms with Gasteiger partial charge in [-0.05, 0) is 28.1 Å². The molecular weight excluding hydrogens is 758 g/mol. The number of carbonyl (C=O) groups is 4. The monoisotopic (exact) mass is 779 g/mol. The largest absolute Gasteiger partial charge is 0.481 e. The van der Waals surface area contributed by atoms with Crippen molar-refractivity contribution >= 4 is 92.6 Å². The van der Waals surface area contributed by atoms with Gasteiger partial charge in [0, 0.05) is 23.4 Å². The van der Waals surface area contributed by atoms with Crippen molar-refractivity contribution in [2.24, 2.45) is 10.6 Å². The Morgan fingerprint density at radius 1 is 1.29 bits per heavy atom. The lowest BCUT2D eigenvalue weighted by atomic mass is 9.89. The topological polar surface area (TPSA) is 194 Å². The highest BCUT2D eigenvalue weighted by Crippen LogP contribution is 2.44. The van der Waals surface area contributed by atoms with Crippen molar-refractivity contribution in [1.82, 2.24) is 35.4 Å². The molecule has 2 aliphatic heterocycles. The second-order valence-corrected chi connectivity index (χ2v) is 14.1. The molecule has 2 aliphatic rings. The smallest absolute Gasteiger partial charge is 0.471 e. The van der Waals surface area contributed by atoms with Crippen molar-refractivity contribution in [1.29, 1.82) is 0 Å². The lowest BCUT2D eigenvalue weighted by Gasteiger charge is -2.53. The fourth-order valence-corrected chi connectivity index (χ4v) is 8.23. The van der Waals surface area contributed by atoms with E-state index < -0.39 is 57.5 Å². The Morgan fingerprint density at radius 3 is 2.76 bits per heavy atom. The number of oxime groups is 1. The summed E-state index contributed by atoms with van der Waals surface area (Å²) < 4.78 is 39.8. The van der Waals surface area contributed by atoms with E-state index in [1.165, 1.54) is 27.1 Å². The SMILES string of the molecule is C=CCn1nnnc1SCC1(C(=O)O)CS[C@@H]2C(NC(=O)C(=NOCc3ccc(Cl)c(Cl)c3)c3csc(NC(=O)C(F)(F)F)n3)C(=O)N2C1. The fraction of sp³-hybridized carbons (Fsp3) is 0.346. The lowest BCUT2D eigenvalue weighted by Crippen LogP contribution is -2.74. The molecule has 2 fully saturated rings. The van der Waals surface area contributed by atoms with Crippen molar-refractivity contribution in [2.75, 3.05) is 23.4 Å². The Hall–Kier alpha value is -3.92. The highest BCUT2D eigenvalue weighted by atomic mass is 35.5. The first-order valence-corrected chi connectivity index (χ1v) is 17.3. The second-order valence-electron chi connectivity index (χ2n) is 10.4. The van der Waals surface area contributed by atoms with E-state index in [2.05, 4.69) is 37.6 Å². The number of alkyl halides is 3. The van der Waals surface area contributed by atoms with Gasteiger partial charge in [-0.3, -0.25) is 24.5 Å². The zero-order chi connectivity index (χ0) is 35.5. The molecule has 3 amide bonds. The molecule has 0 saturated carbocycles. The summed E-state index contributed by atoms with van der Waals surface area (Å²) in [5.41, 5.74) is -1.61. The number of allylic oxidation sites excluding steroid dienone is 1. The van der Waals surface area contributed by atoms with Crippen molar-refractivity contribution in [3.63, 3.8) is 0 Å². The van der Waals surface area contributed by atoms with Crippen LogP contribution in [0, 0.1) is 5.41 Å². The van der Waals surface area contributed by atoms with Crippen LogP contribution in [0.1, 0.15) is 11.3 Å². The Morgan fingerprint density at radius 2 is 2.06 bits per heavy atom. The second kappa shape index (κ2) is 14.9. The van der Waals surface area contributed by atoms with Gasteiger partial charge in [0.05, 0.1) is 16.6 Å². The number of carbonyl (C=O) groups excluding carboxylic acids is 3. The third-order valence-corrected chi connectivity index (χ3v) is 11.3. The van der Waals surface area contributed by atoms with Gasteiger partial charge in [0.1, 0.15) is 29.1 Å². The predicted molar refractivity (Wildman–Crippen MR) is 173 cm³/mol. The number of thiazole rings is 1. The van der Waals surface area contributed by atoms with Gasteiger partial charge < -0.3 is 20.2 Å². The van der Waals surface area contributed by atoms with E-state index in [1.807, 2.05) is 0 Å². The summed E-state index contributed by atoms with van der Waals surface area (Å²) in [6, 6.07) is 3.49. The lowest BCUT2D eigenvalue weighted by molar-refractivity contribution is -0.167. The molecule has 15 nitrogen and oxygen atoms in total. The Balaban J connectivity index is 1.29. The first-order chi connectivity index (χ1) is 23.2. The summed E-state index contributed by atoms with van der Waals surface area (Å²) in [5, 5.41) is 30.4. The number of carboxylic acids is 1. The maximum absolute atomic E-state index is 13.5. The standard InChI is InChI=1S/C26H22Cl2F3N9O6S3/c1-2-5-40-24(35-37-38-40)49-11-25(22(44)45)9-39-19(42)17(20(39)48-10-25)33-18(41)16(36-46-7-12-3-4-13(27)14(28)6-12)15-8-47-23(32-15)34-21(43)26(29,30)31/h2-4,6,8,17,20H,1,5,7,9-11H2,(H,33,41)(H,44,45)(H,32,34,43)/t17?,20-,25?/m1/s1. The number of β-lactam (4-membered cyclic amide) rings is 1. The molecule has 5 rings (SSSR count). The quantitative estimate of drug-likeness (QED) is 0.0755. The highest BCUT2D eigenvalue weighted by molar-refractivity contribution is 8.00. The molecule has 3 N–H and O–H groups in total. The summed E-state index contributed by atoms with van der Waals surface area (Å²) in [7, 11) is 0. The van der Waals surface area contributed by atoms with Gasteiger partial charge in [-0.25, -0.2) is 9.67 Å². The van der Waals surface area contributed by atoms with Crippen molar-refractivity contribution < 1.29 is 42.3 Å². The van der Waals surface area contributed by atoms with Crippen LogP contribution in [0.25, 0.3) is 0 Å². The predicted octanol–water partition coefficient (Wildman–Crippen LogP) is 3.31. The number of aliphatic carboxylic acids is 1. The number of rotatable bonds is 13. The summed E-state index contributed by atoms with van der Waals surface area (Å²) in [4.78, 5) is 61.1. The van der Waals surface area contributed by atoms with E-state index in [9.17, 15) is 37.5 Å². The van der Waals surface area contributed by atoms with Crippen LogP contribution in [0.3, 0.4) is 0 Å². The average Bonchev–Trinajstić information content (AvgIpc) is 3.71. The molecule has 49 heavy (non-hydrogen) atoms. The molecule has 23 heteroatoms. The number of halogens is 5. The minimum Gasteiger partial charge on any atom is -0.481 e. The number of nitrogens with one attached hydrogen (secondary N) is 2. The minimum atomic E-state index is -5.18. The molecule has 0 aliphatic carbocycles. The molecule has 1 aromatic carbocycles. The van der Waals surface area contributed by atoms with Gasteiger partial charge in [0.25, 0.3) is 5.91 Å². The Bertz CT molecular complexity index is 1830. The Kier molecular flexibility index (Phi) is 11.1. The molecule has 260 valence electrons. The molecule has 4 heterocycles. The third kappa shape index (κ3) is 8.11. The maximum Gasteiger partial charge on any atom is 0.471 e. The summed E-state index contributed by atoms with van der Waals surface area (Å²) >= 11 is 14.8. The van der Waals surface area contributed by atoms with Gasteiger partial charge in [0.2, 0.25) is 11.1 Å². The number of anilines is 1. The van der Waals surface area contributed by atoms with E-state index in [-0.39, 0.29) is 40.4 Å². The first-order valence-electron chi connectivity index (χ1n) is 13.7. The van der Waals surface area contributed by atoms with E-state index in [4.69, 9.17) is 28.0 Å². The molecule has 3 atom stereocenters. The number of fused-ring (bicyclic) bond motifs is 1. The van der Waals surface area contributed by atoms with Crippen LogP contribution in [-0.2, 0) is 37.2 Å². The Labute approximate surface area is 296 Å².